The molecule has 1 N–H and O–H groups in total. The van der Waals surface area contributed by atoms with Crippen LogP contribution in [0, 0.1) is 11.3 Å². The van der Waals surface area contributed by atoms with Crippen molar-refractivity contribution in [3.63, 3.8) is 0 Å². The molecule has 5 nitrogen and oxygen atoms in total. The highest BCUT2D eigenvalue weighted by molar-refractivity contribution is 5.81. The summed E-state index contributed by atoms with van der Waals surface area (Å²) in [4.78, 5) is 17.2. The van der Waals surface area contributed by atoms with Gasteiger partial charge in [-0.25, -0.2) is 0 Å². The zero-order valence-corrected chi connectivity index (χ0v) is 10.1. The zero-order chi connectivity index (χ0) is 12.7. The van der Waals surface area contributed by atoms with E-state index in [-0.39, 0.29) is 12.5 Å². The van der Waals surface area contributed by atoms with E-state index in [1.54, 1.807) is 30.4 Å². The van der Waals surface area contributed by atoms with Crippen LogP contribution >= 0.6 is 0 Å². The minimum absolute atomic E-state index is 0.0536. The van der Waals surface area contributed by atoms with Crippen molar-refractivity contribution in [2.45, 2.75) is 13.3 Å². The molecule has 17 heavy (non-hydrogen) atoms. The van der Waals surface area contributed by atoms with Gasteiger partial charge in [0.25, 0.3) is 0 Å². The lowest BCUT2D eigenvalue weighted by Gasteiger charge is -2.19. The fraction of sp³-hybridized carbons (Fsp3) is 0.417. The van der Waals surface area contributed by atoms with Crippen LogP contribution < -0.4 is 10.2 Å². The van der Waals surface area contributed by atoms with Crippen LogP contribution in [0.25, 0.3) is 0 Å². The second-order valence-electron chi connectivity index (χ2n) is 3.71. The highest BCUT2D eigenvalue weighted by atomic mass is 16.2. The van der Waals surface area contributed by atoms with Gasteiger partial charge in [0, 0.05) is 19.8 Å². The summed E-state index contributed by atoms with van der Waals surface area (Å²) in [6.07, 6.45) is 4.06. The number of likely N-dealkylation sites (N-methyl/N-ethyl adjacent to an activating group) is 1. The lowest BCUT2D eigenvalue weighted by Crippen LogP contribution is -2.35. The molecular weight excluding hydrogens is 216 g/mol. The Balaban J connectivity index is 2.67. The Kier molecular flexibility index (Phi) is 4.95. The molecule has 0 spiro atoms. The Bertz CT molecular complexity index is 425. The monoisotopic (exact) mass is 232 g/mol. The maximum absolute atomic E-state index is 11.5. The van der Waals surface area contributed by atoms with E-state index in [1.807, 2.05) is 6.92 Å². The number of hydrogen-bond donors (Lipinski definition) is 1. The molecule has 0 aliphatic carbocycles. The Morgan fingerprint density at radius 2 is 2.41 bits per heavy atom. The van der Waals surface area contributed by atoms with E-state index in [1.165, 1.54) is 0 Å². The first-order valence-electron chi connectivity index (χ1n) is 5.51. The molecule has 0 aliphatic heterocycles. The number of carbonyl (C=O) groups excluding carboxylic acids is 1. The van der Waals surface area contributed by atoms with Gasteiger partial charge in [0.05, 0.1) is 24.0 Å². The van der Waals surface area contributed by atoms with Crippen LogP contribution in [0.1, 0.15) is 18.9 Å². The first kappa shape index (κ1) is 13.0. The molecule has 0 aliphatic rings. The molecule has 1 amide bonds. The third kappa shape index (κ3) is 3.76. The van der Waals surface area contributed by atoms with E-state index in [2.05, 4.69) is 16.4 Å². The van der Waals surface area contributed by atoms with Crippen molar-refractivity contribution in [2.24, 2.45) is 0 Å². The van der Waals surface area contributed by atoms with Gasteiger partial charge in [0.15, 0.2) is 0 Å². The molecule has 1 aromatic rings. The van der Waals surface area contributed by atoms with Crippen LogP contribution in [0.2, 0.25) is 0 Å². The molecular formula is C12H16N4O. The van der Waals surface area contributed by atoms with Crippen LogP contribution in [0.4, 0.5) is 5.69 Å². The number of amides is 1. The number of anilines is 1. The summed E-state index contributed by atoms with van der Waals surface area (Å²) >= 11 is 0. The molecule has 5 heteroatoms. The maximum atomic E-state index is 11.5. The summed E-state index contributed by atoms with van der Waals surface area (Å²) < 4.78 is 0. The first-order valence-corrected chi connectivity index (χ1v) is 5.51. The molecule has 0 atom stereocenters. The summed E-state index contributed by atoms with van der Waals surface area (Å²) in [5, 5.41) is 11.7. The minimum atomic E-state index is -0.0536. The molecule has 90 valence electrons. The molecule has 1 rings (SSSR count). The van der Waals surface area contributed by atoms with E-state index in [4.69, 9.17) is 5.26 Å². The predicted molar refractivity (Wildman–Crippen MR) is 65.5 cm³/mol. The lowest BCUT2D eigenvalue weighted by molar-refractivity contribution is -0.119. The van der Waals surface area contributed by atoms with E-state index in [0.717, 1.165) is 6.42 Å². The third-order valence-corrected chi connectivity index (χ3v) is 2.28. The third-order valence-electron chi connectivity index (χ3n) is 2.28. The Morgan fingerprint density at radius 3 is 3.06 bits per heavy atom. The number of nitrogens with zero attached hydrogens (tertiary/aromatic N) is 3. The van der Waals surface area contributed by atoms with E-state index in [0.29, 0.717) is 17.8 Å². The van der Waals surface area contributed by atoms with Gasteiger partial charge >= 0.3 is 0 Å². The number of aromatic nitrogens is 1. The van der Waals surface area contributed by atoms with Crippen molar-refractivity contribution >= 4 is 11.6 Å². The number of hydrogen-bond acceptors (Lipinski definition) is 4. The standard InChI is InChI=1S/C12H16N4O/c1-3-5-15-12(17)9-16(2)11-8-14-6-4-10(11)7-13/h4,6,8H,3,5,9H2,1-2H3,(H,15,17). The topological polar surface area (TPSA) is 69.0 Å². The molecule has 0 aromatic carbocycles. The summed E-state index contributed by atoms with van der Waals surface area (Å²) in [5.41, 5.74) is 1.19. The smallest absolute Gasteiger partial charge is 0.239 e. The fourth-order valence-corrected chi connectivity index (χ4v) is 1.41. The van der Waals surface area contributed by atoms with Crippen molar-refractivity contribution in [3.05, 3.63) is 24.0 Å². The Labute approximate surface area is 101 Å². The zero-order valence-electron chi connectivity index (χ0n) is 10.1. The Morgan fingerprint density at radius 1 is 1.65 bits per heavy atom. The van der Waals surface area contributed by atoms with Crippen molar-refractivity contribution in [1.82, 2.24) is 10.3 Å². The van der Waals surface area contributed by atoms with Gasteiger partial charge in [-0.1, -0.05) is 6.92 Å². The van der Waals surface area contributed by atoms with E-state index < -0.39 is 0 Å². The Hall–Kier alpha value is -2.09. The molecule has 0 fully saturated rings. The molecule has 0 saturated heterocycles. The number of carbonyl (C=O) groups is 1. The first-order chi connectivity index (χ1) is 8.19. The normalized spacial score (nSPS) is 9.47. The molecule has 0 saturated carbocycles. The number of nitriles is 1. The highest BCUT2D eigenvalue weighted by Crippen LogP contribution is 2.15. The molecule has 0 bridgehead atoms. The van der Waals surface area contributed by atoms with Gasteiger partial charge in [-0.2, -0.15) is 5.26 Å². The molecule has 0 radical (unpaired) electrons. The summed E-state index contributed by atoms with van der Waals surface area (Å²) in [6, 6.07) is 3.71. The SMILES string of the molecule is CCCNC(=O)CN(C)c1cnccc1C#N. The van der Waals surface area contributed by atoms with Crippen molar-refractivity contribution in [3.8, 4) is 6.07 Å². The molecule has 0 unspecified atom stereocenters. The molecule has 1 heterocycles. The average Bonchev–Trinajstić information content (AvgIpc) is 2.36. The minimum Gasteiger partial charge on any atom is -0.363 e. The van der Waals surface area contributed by atoms with Gasteiger partial charge in [0.1, 0.15) is 6.07 Å². The van der Waals surface area contributed by atoms with Gasteiger partial charge < -0.3 is 10.2 Å². The van der Waals surface area contributed by atoms with Gasteiger partial charge in [0.2, 0.25) is 5.91 Å². The van der Waals surface area contributed by atoms with Crippen LogP contribution in [0.3, 0.4) is 0 Å². The van der Waals surface area contributed by atoms with Gasteiger partial charge in [-0.15, -0.1) is 0 Å². The van der Waals surface area contributed by atoms with Crippen molar-refractivity contribution in [2.75, 3.05) is 25.0 Å². The van der Waals surface area contributed by atoms with Crippen LogP contribution in [0.15, 0.2) is 18.5 Å². The van der Waals surface area contributed by atoms with Crippen LogP contribution in [-0.2, 0) is 4.79 Å². The number of pyridine rings is 1. The lowest BCUT2D eigenvalue weighted by atomic mass is 10.2. The van der Waals surface area contributed by atoms with E-state index >= 15 is 0 Å². The van der Waals surface area contributed by atoms with Crippen LogP contribution in [0.5, 0.6) is 0 Å². The second-order valence-corrected chi connectivity index (χ2v) is 3.71. The summed E-state index contributed by atoms with van der Waals surface area (Å²) in [5.74, 6) is -0.0536. The number of nitrogens with one attached hydrogen (secondary N) is 1. The summed E-state index contributed by atoms with van der Waals surface area (Å²) in [6.45, 7) is 2.89. The largest absolute Gasteiger partial charge is 0.363 e. The van der Waals surface area contributed by atoms with Crippen molar-refractivity contribution in [1.29, 1.82) is 5.26 Å². The van der Waals surface area contributed by atoms with E-state index in [9.17, 15) is 4.79 Å². The highest BCUT2D eigenvalue weighted by Gasteiger charge is 2.10. The number of rotatable bonds is 5. The second kappa shape index (κ2) is 6.48. The van der Waals surface area contributed by atoms with Gasteiger partial charge in [-0.05, 0) is 12.5 Å². The van der Waals surface area contributed by atoms with Crippen molar-refractivity contribution < 1.29 is 4.79 Å². The average molecular weight is 232 g/mol. The fourth-order valence-electron chi connectivity index (χ4n) is 1.41. The molecule has 1 aromatic heterocycles. The summed E-state index contributed by atoms with van der Waals surface area (Å²) in [7, 11) is 1.77. The van der Waals surface area contributed by atoms with Gasteiger partial charge in [-0.3, -0.25) is 9.78 Å². The predicted octanol–water partition coefficient (Wildman–Crippen LogP) is 0.916. The van der Waals surface area contributed by atoms with Crippen LogP contribution in [-0.4, -0.2) is 31.0 Å². The quantitative estimate of drug-likeness (QED) is 0.819. The maximum Gasteiger partial charge on any atom is 0.239 e.